The highest BCUT2D eigenvalue weighted by molar-refractivity contribution is 7.91. The van der Waals surface area contributed by atoms with Gasteiger partial charge in [0.1, 0.15) is 11.4 Å². The molecule has 4 aromatic rings. The summed E-state index contributed by atoms with van der Waals surface area (Å²) in [5.41, 5.74) is 2.97. The largest absolute Gasteiger partial charge is 0.497 e. The molecule has 0 fully saturated rings. The van der Waals surface area contributed by atoms with Gasteiger partial charge in [-0.15, -0.1) is 0 Å². The molecule has 0 aliphatic rings. The number of carbonyl (C=O) groups is 1. The van der Waals surface area contributed by atoms with E-state index in [2.05, 4.69) is 10.4 Å². The Morgan fingerprint density at radius 1 is 0.970 bits per heavy atom. The zero-order valence-electron chi connectivity index (χ0n) is 18.2. The molecule has 0 radical (unpaired) electrons. The van der Waals surface area contributed by atoms with E-state index in [9.17, 15) is 13.2 Å². The third kappa shape index (κ3) is 4.80. The zero-order valence-corrected chi connectivity index (χ0v) is 19.0. The number of hydrogen-bond acceptors (Lipinski definition) is 5. The highest BCUT2D eigenvalue weighted by Gasteiger charge is 2.19. The highest BCUT2D eigenvalue weighted by atomic mass is 32.2. The summed E-state index contributed by atoms with van der Waals surface area (Å²) in [5, 5.41) is 7.50. The van der Waals surface area contributed by atoms with Gasteiger partial charge in [-0.05, 0) is 60.7 Å². The summed E-state index contributed by atoms with van der Waals surface area (Å²) in [6.07, 6.45) is 1.68. The number of aromatic nitrogens is 2. The Bertz CT molecular complexity index is 1360. The van der Waals surface area contributed by atoms with Crippen LogP contribution in [0.25, 0.3) is 16.9 Å². The molecule has 0 spiro atoms. The average Bonchev–Trinajstić information content (AvgIpc) is 3.31. The van der Waals surface area contributed by atoms with E-state index in [1.165, 1.54) is 12.1 Å². The van der Waals surface area contributed by atoms with Crippen LogP contribution in [0.2, 0.25) is 0 Å². The lowest BCUT2D eigenvalue weighted by atomic mass is 10.1. The Balaban J connectivity index is 1.69. The molecule has 0 bridgehead atoms. The van der Waals surface area contributed by atoms with Crippen LogP contribution in [0, 0.1) is 0 Å². The molecule has 0 aliphatic carbocycles. The number of benzene rings is 3. The number of nitrogens with one attached hydrogen (secondary N) is 1. The summed E-state index contributed by atoms with van der Waals surface area (Å²) < 4.78 is 31.0. The molecule has 33 heavy (non-hydrogen) atoms. The van der Waals surface area contributed by atoms with E-state index in [1.807, 2.05) is 54.6 Å². The van der Waals surface area contributed by atoms with Gasteiger partial charge in [-0.3, -0.25) is 4.79 Å². The van der Waals surface area contributed by atoms with Gasteiger partial charge < -0.3 is 10.1 Å². The maximum atomic E-state index is 13.2. The van der Waals surface area contributed by atoms with Crippen molar-refractivity contribution in [3.63, 3.8) is 0 Å². The fourth-order valence-electron chi connectivity index (χ4n) is 3.33. The van der Waals surface area contributed by atoms with Crippen LogP contribution in [0.1, 0.15) is 17.3 Å². The molecular formula is C25H23N3O4S. The van der Waals surface area contributed by atoms with Gasteiger partial charge in [0, 0.05) is 17.4 Å². The zero-order chi connectivity index (χ0) is 23.4. The number of carbonyl (C=O) groups excluding carboxylic acids is 1. The number of amides is 1. The van der Waals surface area contributed by atoms with Gasteiger partial charge >= 0.3 is 0 Å². The fraction of sp³-hybridized carbons (Fsp3) is 0.120. The molecule has 0 saturated heterocycles. The minimum Gasteiger partial charge on any atom is -0.497 e. The van der Waals surface area contributed by atoms with Crippen molar-refractivity contribution >= 4 is 21.4 Å². The predicted octanol–water partition coefficient (Wildman–Crippen LogP) is 4.59. The standard InChI is InChI=1S/C25H23N3O4S/c1-3-33(30,31)22-15-11-19(12-16-22)26-25(29)23-17-28(20-7-5-4-6-8-20)27-24(23)18-9-13-21(32-2)14-10-18/h4-17H,3H2,1-2H3,(H,26,29). The number of ether oxygens (including phenoxy) is 1. The third-order valence-electron chi connectivity index (χ3n) is 5.19. The number of rotatable bonds is 7. The van der Waals surface area contributed by atoms with E-state index in [1.54, 1.807) is 37.0 Å². The summed E-state index contributed by atoms with van der Waals surface area (Å²) in [5.74, 6) is 0.367. The number of para-hydroxylation sites is 1. The molecule has 4 rings (SSSR count). The Kier molecular flexibility index (Phi) is 6.28. The van der Waals surface area contributed by atoms with Gasteiger partial charge in [-0.2, -0.15) is 5.10 Å². The second-order valence-corrected chi connectivity index (χ2v) is 9.56. The van der Waals surface area contributed by atoms with Crippen molar-refractivity contribution in [2.24, 2.45) is 0 Å². The van der Waals surface area contributed by atoms with Gasteiger partial charge in [-0.1, -0.05) is 25.1 Å². The Morgan fingerprint density at radius 2 is 1.64 bits per heavy atom. The van der Waals surface area contributed by atoms with E-state index in [-0.39, 0.29) is 16.6 Å². The van der Waals surface area contributed by atoms with Crippen LogP contribution in [0.15, 0.2) is 90.0 Å². The van der Waals surface area contributed by atoms with Crippen molar-refractivity contribution in [1.82, 2.24) is 9.78 Å². The second-order valence-electron chi connectivity index (χ2n) is 7.28. The first-order valence-electron chi connectivity index (χ1n) is 10.3. The number of hydrogen-bond donors (Lipinski definition) is 1. The van der Waals surface area contributed by atoms with Crippen molar-refractivity contribution in [2.45, 2.75) is 11.8 Å². The van der Waals surface area contributed by atoms with Crippen LogP contribution in [-0.2, 0) is 9.84 Å². The fourth-order valence-corrected chi connectivity index (χ4v) is 4.21. The van der Waals surface area contributed by atoms with Crippen molar-refractivity contribution in [2.75, 3.05) is 18.2 Å². The number of sulfone groups is 1. The number of nitrogens with zero attached hydrogens (tertiary/aromatic N) is 2. The summed E-state index contributed by atoms with van der Waals surface area (Å²) >= 11 is 0. The highest BCUT2D eigenvalue weighted by Crippen LogP contribution is 2.27. The van der Waals surface area contributed by atoms with E-state index in [0.717, 1.165) is 11.3 Å². The van der Waals surface area contributed by atoms with Crippen molar-refractivity contribution in [3.05, 3.63) is 90.6 Å². The monoisotopic (exact) mass is 461 g/mol. The first-order chi connectivity index (χ1) is 15.9. The van der Waals surface area contributed by atoms with E-state index in [4.69, 9.17) is 4.74 Å². The van der Waals surface area contributed by atoms with Crippen LogP contribution < -0.4 is 10.1 Å². The summed E-state index contributed by atoms with van der Waals surface area (Å²) in [6.45, 7) is 1.59. The van der Waals surface area contributed by atoms with Crippen LogP contribution >= 0.6 is 0 Å². The maximum absolute atomic E-state index is 13.2. The smallest absolute Gasteiger partial charge is 0.259 e. The first-order valence-corrected chi connectivity index (χ1v) is 12.0. The van der Waals surface area contributed by atoms with Crippen molar-refractivity contribution in [1.29, 1.82) is 0 Å². The molecule has 1 N–H and O–H groups in total. The lowest BCUT2D eigenvalue weighted by Crippen LogP contribution is -2.12. The van der Waals surface area contributed by atoms with Crippen molar-refractivity contribution < 1.29 is 17.9 Å². The molecule has 1 heterocycles. The molecule has 0 atom stereocenters. The van der Waals surface area contributed by atoms with E-state index >= 15 is 0 Å². The van der Waals surface area contributed by atoms with Gasteiger partial charge in [0.15, 0.2) is 9.84 Å². The summed E-state index contributed by atoms with van der Waals surface area (Å²) in [7, 11) is -1.72. The molecule has 0 aliphatic heterocycles. The van der Waals surface area contributed by atoms with Crippen LogP contribution in [0.4, 0.5) is 5.69 Å². The molecule has 0 saturated carbocycles. The SMILES string of the molecule is CCS(=O)(=O)c1ccc(NC(=O)c2cn(-c3ccccc3)nc2-c2ccc(OC)cc2)cc1. The molecule has 1 aromatic heterocycles. The van der Waals surface area contributed by atoms with Crippen molar-refractivity contribution in [3.8, 4) is 22.7 Å². The first kappa shape index (κ1) is 22.3. The Labute approximate surface area is 192 Å². The topological polar surface area (TPSA) is 90.3 Å². The normalized spacial score (nSPS) is 11.2. The molecule has 7 nitrogen and oxygen atoms in total. The van der Waals surface area contributed by atoms with Crippen LogP contribution in [0.5, 0.6) is 5.75 Å². The molecule has 8 heteroatoms. The predicted molar refractivity (Wildman–Crippen MR) is 128 cm³/mol. The number of anilines is 1. The van der Waals surface area contributed by atoms with Crippen LogP contribution in [-0.4, -0.2) is 37.0 Å². The minimum atomic E-state index is -3.31. The second kappa shape index (κ2) is 9.30. The van der Waals surface area contributed by atoms with E-state index in [0.29, 0.717) is 22.7 Å². The number of methoxy groups -OCH3 is 1. The lowest BCUT2D eigenvalue weighted by Gasteiger charge is -2.07. The molecule has 1 amide bonds. The summed E-state index contributed by atoms with van der Waals surface area (Å²) in [6, 6.07) is 23.0. The van der Waals surface area contributed by atoms with Gasteiger partial charge in [0.25, 0.3) is 5.91 Å². The lowest BCUT2D eigenvalue weighted by molar-refractivity contribution is 0.102. The maximum Gasteiger partial charge on any atom is 0.259 e. The molecule has 3 aromatic carbocycles. The van der Waals surface area contributed by atoms with Gasteiger partial charge in [0.2, 0.25) is 0 Å². The Hall–Kier alpha value is -3.91. The summed E-state index contributed by atoms with van der Waals surface area (Å²) in [4.78, 5) is 13.4. The quantitative estimate of drug-likeness (QED) is 0.435. The van der Waals surface area contributed by atoms with Crippen LogP contribution in [0.3, 0.4) is 0 Å². The molecule has 168 valence electrons. The third-order valence-corrected chi connectivity index (χ3v) is 6.94. The average molecular weight is 462 g/mol. The van der Waals surface area contributed by atoms with Gasteiger partial charge in [-0.25, -0.2) is 13.1 Å². The minimum absolute atomic E-state index is 0.0165. The Morgan fingerprint density at radius 3 is 2.24 bits per heavy atom. The van der Waals surface area contributed by atoms with Gasteiger partial charge in [0.05, 0.1) is 29.0 Å². The molecular weight excluding hydrogens is 438 g/mol. The van der Waals surface area contributed by atoms with E-state index < -0.39 is 9.84 Å². The molecule has 0 unspecified atom stereocenters.